The van der Waals surface area contributed by atoms with Crippen LogP contribution in [0.15, 0.2) is 12.7 Å². The Hall–Kier alpha value is -0.190. The Morgan fingerprint density at radius 2 is 2.58 bits per heavy atom. The van der Waals surface area contributed by atoms with Crippen LogP contribution in [0.25, 0.3) is 0 Å². The summed E-state index contributed by atoms with van der Waals surface area (Å²) in [6, 6.07) is -0.0000463. The molecule has 1 atom stereocenters. The number of hydrogen-bond acceptors (Lipinski definition) is 3. The summed E-state index contributed by atoms with van der Waals surface area (Å²) in [4.78, 5) is 11.2. The summed E-state index contributed by atoms with van der Waals surface area (Å²) in [5.74, 6) is 1.84. The molecule has 0 aromatic rings. The highest BCUT2D eigenvalue weighted by molar-refractivity contribution is 7.99. The minimum absolute atomic E-state index is 0. The monoisotopic (exact) mass is 208 g/mol. The molecule has 0 unspecified atom stereocenters. The molecular formula is C7H13ClN2OS. The fourth-order valence-corrected chi connectivity index (χ4v) is 1.80. The summed E-state index contributed by atoms with van der Waals surface area (Å²) in [5.41, 5.74) is 0. The maximum Gasteiger partial charge on any atom is 0.238 e. The molecule has 5 heteroatoms. The van der Waals surface area contributed by atoms with Crippen LogP contribution in [0, 0.1) is 0 Å². The van der Waals surface area contributed by atoms with Gasteiger partial charge in [0.2, 0.25) is 5.91 Å². The largest absolute Gasteiger partial charge is 0.351 e. The van der Waals surface area contributed by atoms with E-state index in [1.807, 2.05) is 0 Å². The van der Waals surface area contributed by atoms with Crippen LogP contribution in [0.5, 0.6) is 0 Å². The van der Waals surface area contributed by atoms with E-state index in [4.69, 9.17) is 0 Å². The minimum Gasteiger partial charge on any atom is -0.351 e. The summed E-state index contributed by atoms with van der Waals surface area (Å²) >= 11 is 1.75. The predicted molar refractivity (Wildman–Crippen MR) is 54.7 cm³/mol. The number of hydrogen-bond donors (Lipinski definition) is 2. The second-order valence-electron chi connectivity index (χ2n) is 2.31. The molecule has 0 aromatic heterocycles. The average Bonchev–Trinajstić information content (AvgIpc) is 2.52. The third kappa shape index (κ3) is 3.47. The third-order valence-electron chi connectivity index (χ3n) is 1.45. The first-order valence-electron chi connectivity index (χ1n) is 3.54. The Bertz CT molecular complexity index is 159. The van der Waals surface area contributed by atoms with Crippen molar-refractivity contribution in [3.63, 3.8) is 0 Å². The molecule has 0 spiro atoms. The fourth-order valence-electron chi connectivity index (χ4n) is 0.860. The molecule has 0 bridgehead atoms. The van der Waals surface area contributed by atoms with Crippen molar-refractivity contribution < 1.29 is 4.79 Å². The van der Waals surface area contributed by atoms with E-state index in [2.05, 4.69) is 17.2 Å². The number of carbonyl (C=O) groups excluding carboxylic acids is 1. The van der Waals surface area contributed by atoms with Gasteiger partial charge in [0.25, 0.3) is 0 Å². The number of nitrogens with one attached hydrogen (secondary N) is 2. The first-order chi connectivity index (χ1) is 5.34. The van der Waals surface area contributed by atoms with Crippen molar-refractivity contribution in [3.05, 3.63) is 12.7 Å². The van der Waals surface area contributed by atoms with E-state index in [0.717, 1.165) is 11.6 Å². The van der Waals surface area contributed by atoms with E-state index in [9.17, 15) is 4.79 Å². The van der Waals surface area contributed by atoms with Gasteiger partial charge in [-0.05, 0) is 0 Å². The smallest absolute Gasteiger partial charge is 0.238 e. The lowest BCUT2D eigenvalue weighted by molar-refractivity contribution is -0.122. The number of rotatable bonds is 3. The van der Waals surface area contributed by atoms with Gasteiger partial charge in [-0.3, -0.25) is 10.1 Å². The molecule has 1 aliphatic heterocycles. The maximum absolute atomic E-state index is 11.2. The van der Waals surface area contributed by atoms with Gasteiger partial charge in [-0.2, -0.15) is 0 Å². The highest BCUT2D eigenvalue weighted by atomic mass is 35.5. The first-order valence-corrected chi connectivity index (χ1v) is 4.70. The molecule has 0 aromatic carbocycles. The van der Waals surface area contributed by atoms with Crippen LogP contribution in [0.1, 0.15) is 0 Å². The van der Waals surface area contributed by atoms with Crippen LogP contribution in [0.2, 0.25) is 0 Å². The normalized spacial score (nSPS) is 21.2. The van der Waals surface area contributed by atoms with Crippen molar-refractivity contribution in [1.29, 1.82) is 0 Å². The van der Waals surface area contributed by atoms with Crippen molar-refractivity contribution in [1.82, 2.24) is 10.6 Å². The van der Waals surface area contributed by atoms with E-state index < -0.39 is 0 Å². The molecule has 70 valence electrons. The van der Waals surface area contributed by atoms with Crippen molar-refractivity contribution in [2.45, 2.75) is 6.04 Å². The van der Waals surface area contributed by atoms with Crippen molar-refractivity contribution in [2.75, 3.05) is 18.2 Å². The Kier molecular flexibility index (Phi) is 6.24. The highest BCUT2D eigenvalue weighted by Crippen LogP contribution is 2.08. The lowest BCUT2D eigenvalue weighted by Crippen LogP contribution is -2.41. The van der Waals surface area contributed by atoms with E-state index in [1.165, 1.54) is 0 Å². The van der Waals surface area contributed by atoms with Gasteiger partial charge in [-0.25, -0.2) is 0 Å². The number of halogens is 1. The molecule has 3 nitrogen and oxygen atoms in total. The highest BCUT2D eigenvalue weighted by Gasteiger charge is 2.21. The quantitative estimate of drug-likeness (QED) is 0.659. The Morgan fingerprint density at radius 3 is 3.08 bits per heavy atom. The average molecular weight is 209 g/mol. The number of carbonyl (C=O) groups is 1. The standard InChI is InChI=1S/C7H12N2OS.ClH/c1-2-3-8-7(10)6-4-11-5-9-6;/h2,6,9H,1,3-5H2,(H,8,10);1H/t6-;/m1./s1. The lowest BCUT2D eigenvalue weighted by atomic mass is 10.3. The molecular weight excluding hydrogens is 196 g/mol. The molecule has 0 radical (unpaired) electrons. The summed E-state index contributed by atoms with van der Waals surface area (Å²) < 4.78 is 0. The number of thioether (sulfide) groups is 1. The summed E-state index contributed by atoms with van der Waals surface area (Å²) in [7, 11) is 0. The zero-order chi connectivity index (χ0) is 8.10. The van der Waals surface area contributed by atoms with Crippen LogP contribution in [-0.4, -0.2) is 30.1 Å². The lowest BCUT2D eigenvalue weighted by Gasteiger charge is -2.07. The predicted octanol–water partition coefficient (Wildman–Crippen LogP) is 0.373. The zero-order valence-electron chi connectivity index (χ0n) is 6.71. The Morgan fingerprint density at radius 1 is 1.83 bits per heavy atom. The zero-order valence-corrected chi connectivity index (χ0v) is 8.34. The number of amides is 1. The Balaban J connectivity index is 0.00000121. The second kappa shape index (κ2) is 6.34. The minimum atomic E-state index is -0.0000463. The SMILES string of the molecule is C=CCNC(=O)[C@H]1CSCN1.Cl. The molecule has 2 N–H and O–H groups in total. The van der Waals surface area contributed by atoms with Gasteiger partial charge in [0.1, 0.15) is 0 Å². The van der Waals surface area contributed by atoms with Crippen molar-refractivity contribution in [3.8, 4) is 0 Å². The summed E-state index contributed by atoms with van der Waals surface area (Å²) in [6.07, 6.45) is 1.68. The van der Waals surface area contributed by atoms with Crippen LogP contribution in [0.3, 0.4) is 0 Å². The van der Waals surface area contributed by atoms with Gasteiger partial charge in [-0.1, -0.05) is 6.08 Å². The van der Waals surface area contributed by atoms with Crippen LogP contribution >= 0.6 is 24.2 Å². The molecule has 0 aliphatic carbocycles. The third-order valence-corrected chi connectivity index (χ3v) is 2.39. The van der Waals surface area contributed by atoms with Crippen molar-refractivity contribution >= 4 is 30.1 Å². The van der Waals surface area contributed by atoms with Gasteiger partial charge >= 0.3 is 0 Å². The molecule has 12 heavy (non-hydrogen) atoms. The molecule has 1 fully saturated rings. The van der Waals surface area contributed by atoms with Gasteiger partial charge in [0.05, 0.1) is 6.04 Å². The fraction of sp³-hybridized carbons (Fsp3) is 0.571. The van der Waals surface area contributed by atoms with E-state index in [1.54, 1.807) is 17.8 Å². The van der Waals surface area contributed by atoms with Crippen LogP contribution in [-0.2, 0) is 4.79 Å². The second-order valence-corrected chi connectivity index (χ2v) is 3.34. The van der Waals surface area contributed by atoms with E-state index in [0.29, 0.717) is 6.54 Å². The summed E-state index contributed by atoms with van der Waals surface area (Å²) in [6.45, 7) is 4.08. The van der Waals surface area contributed by atoms with E-state index >= 15 is 0 Å². The molecule has 1 saturated heterocycles. The van der Waals surface area contributed by atoms with Crippen molar-refractivity contribution in [2.24, 2.45) is 0 Å². The Labute approximate surface area is 82.8 Å². The first kappa shape index (κ1) is 11.8. The maximum atomic E-state index is 11.2. The molecule has 1 rings (SSSR count). The summed E-state index contributed by atoms with van der Waals surface area (Å²) in [5, 5.41) is 5.82. The molecule has 1 heterocycles. The van der Waals surface area contributed by atoms with Crippen LogP contribution in [0.4, 0.5) is 0 Å². The van der Waals surface area contributed by atoms with Crippen LogP contribution < -0.4 is 10.6 Å². The molecule has 1 aliphatic rings. The van der Waals surface area contributed by atoms with Gasteiger partial charge in [0, 0.05) is 18.2 Å². The molecule has 0 saturated carbocycles. The van der Waals surface area contributed by atoms with Gasteiger partial charge < -0.3 is 5.32 Å². The van der Waals surface area contributed by atoms with E-state index in [-0.39, 0.29) is 24.4 Å². The van der Waals surface area contributed by atoms with Gasteiger partial charge in [0.15, 0.2) is 0 Å². The molecule has 1 amide bonds. The van der Waals surface area contributed by atoms with Gasteiger partial charge in [-0.15, -0.1) is 30.7 Å². The topological polar surface area (TPSA) is 41.1 Å².